The van der Waals surface area contributed by atoms with Gasteiger partial charge in [0.1, 0.15) is 12.2 Å². The zero-order valence-corrected chi connectivity index (χ0v) is 14.9. The number of ether oxygens (including phenoxy) is 1. The van der Waals surface area contributed by atoms with Crippen LogP contribution in [0.2, 0.25) is 5.02 Å². The number of halogens is 1. The highest BCUT2D eigenvalue weighted by molar-refractivity contribution is 6.32. The van der Waals surface area contributed by atoms with E-state index in [-0.39, 0.29) is 18.2 Å². The summed E-state index contributed by atoms with van der Waals surface area (Å²) in [5.74, 6) is -0.111. The highest BCUT2D eigenvalue weighted by atomic mass is 35.5. The Morgan fingerprint density at radius 2 is 1.96 bits per heavy atom. The summed E-state index contributed by atoms with van der Waals surface area (Å²) in [6.07, 6.45) is 3.91. The third kappa shape index (κ3) is 5.76. The number of methoxy groups -OCH3 is 1. The van der Waals surface area contributed by atoms with Crippen molar-refractivity contribution in [3.63, 3.8) is 0 Å². The molecule has 132 valence electrons. The van der Waals surface area contributed by atoms with Crippen LogP contribution in [0.4, 0.5) is 5.69 Å². The van der Waals surface area contributed by atoms with Crippen LogP contribution in [0.25, 0.3) is 0 Å². The number of pyridine rings is 1. The first kappa shape index (κ1) is 18.7. The number of carbonyl (C=O) groups excluding carboxylic acids is 2. The number of aromatic nitrogens is 1. The largest absolute Gasteiger partial charge is 0.495 e. The Labute approximate surface area is 151 Å². The van der Waals surface area contributed by atoms with Crippen molar-refractivity contribution in [2.45, 2.75) is 12.8 Å². The predicted molar refractivity (Wildman–Crippen MR) is 96.8 cm³/mol. The minimum absolute atomic E-state index is 0.226. The Balaban J connectivity index is 1.82. The number of amides is 2. The number of carbonyl (C=O) groups is 2. The molecule has 0 aliphatic heterocycles. The number of hydrogen-bond acceptors (Lipinski definition) is 4. The van der Waals surface area contributed by atoms with Crippen molar-refractivity contribution in [2.24, 2.45) is 0 Å². The standard InChI is InChI=1S/C18H20ClN3O3/c1-22(10-7-13-5-8-20-9-6-13)18(24)12-17(23)21-14-3-4-16(25-2)15(19)11-14/h3-6,8-9,11H,7,10,12H2,1-2H3,(H,21,23). The molecule has 0 unspecified atom stereocenters. The van der Waals surface area contributed by atoms with Crippen LogP contribution in [0, 0.1) is 0 Å². The molecule has 1 heterocycles. The minimum Gasteiger partial charge on any atom is -0.495 e. The molecule has 0 fully saturated rings. The van der Waals surface area contributed by atoms with Crippen LogP contribution in [0.1, 0.15) is 12.0 Å². The van der Waals surface area contributed by atoms with Crippen molar-refractivity contribution in [1.82, 2.24) is 9.88 Å². The molecule has 2 amide bonds. The summed E-state index contributed by atoms with van der Waals surface area (Å²) in [5, 5.41) is 3.05. The number of anilines is 1. The van der Waals surface area contributed by atoms with E-state index in [0.29, 0.717) is 29.4 Å². The molecule has 0 spiro atoms. The Kier molecular flexibility index (Phi) is 6.77. The Morgan fingerprint density at radius 3 is 2.60 bits per heavy atom. The topological polar surface area (TPSA) is 71.5 Å². The average Bonchev–Trinajstić information content (AvgIpc) is 2.60. The van der Waals surface area contributed by atoms with Gasteiger partial charge in [-0.15, -0.1) is 0 Å². The van der Waals surface area contributed by atoms with Crippen molar-refractivity contribution in [3.05, 3.63) is 53.3 Å². The van der Waals surface area contributed by atoms with Crippen LogP contribution >= 0.6 is 11.6 Å². The van der Waals surface area contributed by atoms with Gasteiger partial charge in [0.2, 0.25) is 11.8 Å². The predicted octanol–water partition coefficient (Wildman–Crippen LogP) is 2.77. The Morgan fingerprint density at radius 1 is 1.24 bits per heavy atom. The average molecular weight is 362 g/mol. The van der Waals surface area contributed by atoms with Crippen LogP contribution in [0.3, 0.4) is 0 Å². The Bertz CT molecular complexity index is 738. The van der Waals surface area contributed by atoms with E-state index in [1.165, 1.54) is 7.11 Å². The lowest BCUT2D eigenvalue weighted by Gasteiger charge is -2.17. The van der Waals surface area contributed by atoms with Gasteiger partial charge in [-0.3, -0.25) is 14.6 Å². The number of nitrogens with one attached hydrogen (secondary N) is 1. The first-order chi connectivity index (χ1) is 12.0. The molecule has 6 nitrogen and oxygen atoms in total. The zero-order chi connectivity index (χ0) is 18.2. The van der Waals surface area contributed by atoms with Crippen LogP contribution in [-0.4, -0.2) is 42.4 Å². The van der Waals surface area contributed by atoms with Gasteiger partial charge in [0.25, 0.3) is 0 Å². The summed E-state index contributed by atoms with van der Waals surface area (Å²) in [6.45, 7) is 0.532. The molecule has 2 aromatic rings. The van der Waals surface area contributed by atoms with Gasteiger partial charge < -0.3 is 15.0 Å². The summed E-state index contributed by atoms with van der Waals surface area (Å²) in [4.78, 5) is 29.7. The molecule has 2 rings (SSSR count). The van der Waals surface area contributed by atoms with Crippen LogP contribution in [-0.2, 0) is 16.0 Å². The maximum atomic E-state index is 12.1. The smallest absolute Gasteiger partial charge is 0.233 e. The molecule has 0 saturated carbocycles. The fourth-order valence-corrected chi connectivity index (χ4v) is 2.45. The fraction of sp³-hybridized carbons (Fsp3) is 0.278. The quantitative estimate of drug-likeness (QED) is 0.770. The molecular formula is C18H20ClN3O3. The number of hydrogen-bond donors (Lipinski definition) is 1. The van der Waals surface area contributed by atoms with Gasteiger partial charge in [0.05, 0.1) is 12.1 Å². The molecule has 1 N–H and O–H groups in total. The van der Waals surface area contributed by atoms with Gasteiger partial charge in [-0.1, -0.05) is 11.6 Å². The molecule has 0 radical (unpaired) electrons. The lowest BCUT2D eigenvalue weighted by Crippen LogP contribution is -2.32. The molecule has 0 atom stereocenters. The van der Waals surface area contributed by atoms with E-state index in [9.17, 15) is 9.59 Å². The van der Waals surface area contributed by atoms with Crippen molar-refractivity contribution in [3.8, 4) is 5.75 Å². The highest BCUT2D eigenvalue weighted by Gasteiger charge is 2.14. The van der Waals surface area contributed by atoms with Gasteiger partial charge in [-0.05, 0) is 42.3 Å². The second kappa shape index (κ2) is 9.03. The van der Waals surface area contributed by atoms with Crippen molar-refractivity contribution in [2.75, 3.05) is 26.0 Å². The van der Waals surface area contributed by atoms with Gasteiger partial charge in [-0.25, -0.2) is 0 Å². The van der Waals surface area contributed by atoms with Gasteiger partial charge in [-0.2, -0.15) is 0 Å². The third-order valence-corrected chi connectivity index (χ3v) is 3.95. The zero-order valence-electron chi connectivity index (χ0n) is 14.2. The van der Waals surface area contributed by atoms with Crippen molar-refractivity contribution < 1.29 is 14.3 Å². The molecule has 1 aromatic carbocycles. The third-order valence-electron chi connectivity index (χ3n) is 3.66. The monoisotopic (exact) mass is 361 g/mol. The maximum Gasteiger partial charge on any atom is 0.233 e. The molecule has 25 heavy (non-hydrogen) atoms. The van der Waals surface area contributed by atoms with E-state index in [1.807, 2.05) is 12.1 Å². The van der Waals surface area contributed by atoms with Crippen LogP contribution in [0.5, 0.6) is 5.75 Å². The van der Waals surface area contributed by atoms with Gasteiger partial charge in [0, 0.05) is 31.7 Å². The van der Waals surface area contributed by atoms with Crippen LogP contribution < -0.4 is 10.1 Å². The number of nitrogens with zero attached hydrogens (tertiary/aromatic N) is 2. The SMILES string of the molecule is COc1ccc(NC(=O)CC(=O)N(C)CCc2ccncc2)cc1Cl. The van der Waals surface area contributed by atoms with E-state index < -0.39 is 0 Å². The van der Waals surface area contributed by atoms with E-state index in [1.54, 1.807) is 42.5 Å². The molecular weight excluding hydrogens is 342 g/mol. The molecule has 0 saturated heterocycles. The summed E-state index contributed by atoms with van der Waals surface area (Å²) >= 11 is 6.01. The number of likely N-dealkylation sites (N-methyl/N-ethyl adjacent to an activating group) is 1. The van der Waals surface area contributed by atoms with E-state index in [4.69, 9.17) is 16.3 Å². The Hall–Kier alpha value is -2.60. The van der Waals surface area contributed by atoms with E-state index >= 15 is 0 Å². The lowest BCUT2D eigenvalue weighted by atomic mass is 10.2. The van der Waals surface area contributed by atoms with Crippen LogP contribution in [0.15, 0.2) is 42.7 Å². The molecule has 0 aliphatic rings. The fourth-order valence-electron chi connectivity index (χ4n) is 2.19. The normalized spacial score (nSPS) is 10.2. The van der Waals surface area contributed by atoms with Crippen molar-refractivity contribution in [1.29, 1.82) is 0 Å². The summed E-state index contributed by atoms with van der Waals surface area (Å²) in [5.41, 5.74) is 1.61. The molecule has 0 aliphatic carbocycles. The summed E-state index contributed by atoms with van der Waals surface area (Å²) in [7, 11) is 3.20. The lowest BCUT2D eigenvalue weighted by molar-refractivity contribution is -0.133. The second-order valence-electron chi connectivity index (χ2n) is 5.50. The van der Waals surface area contributed by atoms with Crippen molar-refractivity contribution >= 4 is 29.1 Å². The molecule has 7 heteroatoms. The van der Waals surface area contributed by atoms with E-state index in [0.717, 1.165) is 5.56 Å². The first-order valence-electron chi connectivity index (χ1n) is 7.76. The number of benzene rings is 1. The summed E-state index contributed by atoms with van der Waals surface area (Å²) in [6, 6.07) is 8.70. The second-order valence-corrected chi connectivity index (χ2v) is 5.90. The van der Waals surface area contributed by atoms with Gasteiger partial charge >= 0.3 is 0 Å². The summed E-state index contributed by atoms with van der Waals surface area (Å²) < 4.78 is 5.05. The van der Waals surface area contributed by atoms with E-state index in [2.05, 4.69) is 10.3 Å². The highest BCUT2D eigenvalue weighted by Crippen LogP contribution is 2.27. The molecule has 1 aromatic heterocycles. The van der Waals surface area contributed by atoms with Gasteiger partial charge in [0.15, 0.2) is 0 Å². The number of rotatable bonds is 7. The maximum absolute atomic E-state index is 12.1. The minimum atomic E-state index is -0.387. The first-order valence-corrected chi connectivity index (χ1v) is 8.13. The molecule has 0 bridgehead atoms.